The second-order valence-corrected chi connectivity index (χ2v) is 19.2. The Labute approximate surface area is 426 Å². The Morgan fingerprint density at radius 1 is 0.304 bits per heavy atom. The zero-order valence-electron chi connectivity index (χ0n) is 45.3. The van der Waals surface area contributed by atoms with Crippen LogP contribution in [-0.2, 0) is 28.6 Å². The van der Waals surface area contributed by atoms with Crippen LogP contribution in [0.15, 0.2) is 85.1 Å². The third-order valence-corrected chi connectivity index (χ3v) is 12.4. The van der Waals surface area contributed by atoms with Crippen LogP contribution in [0.2, 0.25) is 0 Å². The van der Waals surface area contributed by atoms with Crippen LogP contribution in [0, 0.1) is 0 Å². The first kappa shape index (κ1) is 65.6. The number of hydrogen-bond donors (Lipinski definition) is 0. The average molecular weight is 962 g/mol. The predicted octanol–water partition coefficient (Wildman–Crippen LogP) is 19.5. The highest BCUT2D eigenvalue weighted by Crippen LogP contribution is 2.15. The van der Waals surface area contributed by atoms with E-state index in [1.54, 1.807) is 0 Å². The summed E-state index contributed by atoms with van der Waals surface area (Å²) < 4.78 is 16.9. The average Bonchev–Trinajstić information content (AvgIpc) is 3.35. The van der Waals surface area contributed by atoms with Gasteiger partial charge in [0.1, 0.15) is 13.2 Å². The van der Waals surface area contributed by atoms with E-state index in [1.165, 1.54) is 116 Å². The van der Waals surface area contributed by atoms with Gasteiger partial charge in [-0.1, -0.05) is 254 Å². The summed E-state index contributed by atoms with van der Waals surface area (Å²) in [6.45, 7) is 6.48. The summed E-state index contributed by atoms with van der Waals surface area (Å²) in [7, 11) is 0. The lowest BCUT2D eigenvalue weighted by molar-refractivity contribution is -0.167. The predicted molar refractivity (Wildman–Crippen MR) is 297 cm³/mol. The highest BCUT2D eigenvalue weighted by molar-refractivity contribution is 5.71. The molecule has 0 aromatic heterocycles. The van der Waals surface area contributed by atoms with Crippen LogP contribution >= 0.6 is 0 Å². The molecule has 0 aliphatic heterocycles. The molecule has 0 bridgehead atoms. The molecular weight excluding hydrogens is 853 g/mol. The number of carbonyl (C=O) groups excluding carboxylic acids is 3. The molecule has 396 valence electrons. The molecule has 0 rings (SSSR count). The molecule has 0 amide bonds. The highest BCUT2D eigenvalue weighted by Gasteiger charge is 2.19. The summed E-state index contributed by atoms with van der Waals surface area (Å²) in [4.78, 5) is 38.2. The maximum atomic E-state index is 12.8. The van der Waals surface area contributed by atoms with E-state index >= 15 is 0 Å². The normalized spacial score (nSPS) is 12.7. The van der Waals surface area contributed by atoms with E-state index in [0.717, 1.165) is 122 Å². The Kier molecular flexibility index (Phi) is 54.3. The van der Waals surface area contributed by atoms with E-state index in [9.17, 15) is 14.4 Å². The summed E-state index contributed by atoms with van der Waals surface area (Å²) in [5.41, 5.74) is 0. The van der Waals surface area contributed by atoms with Gasteiger partial charge < -0.3 is 14.2 Å². The van der Waals surface area contributed by atoms with Crippen molar-refractivity contribution in [1.29, 1.82) is 0 Å². The Morgan fingerprint density at radius 2 is 0.580 bits per heavy atom. The van der Waals surface area contributed by atoms with Crippen molar-refractivity contribution >= 4 is 17.9 Å². The molecule has 6 heteroatoms. The third kappa shape index (κ3) is 55.4. The molecule has 0 aromatic rings. The van der Waals surface area contributed by atoms with E-state index in [0.29, 0.717) is 19.3 Å². The standard InChI is InChI=1S/C63H108O6/c1-4-7-10-13-16-19-22-25-28-29-30-31-32-33-34-35-36-39-41-44-47-50-53-56-62(65)68-59-60(69-63(66)57-54-51-48-45-42-38-27-24-21-18-15-12-9-6-3)58-67-61(64)55-52-49-46-43-40-37-26-23-20-17-14-11-8-5-2/h7,10,15-16,18-19,24-25,27-28,30-31,33-34,60H,4-6,8-9,11-14,17,20-23,26,29,32,35-59H2,1-3H3/b10-7-,18-15-,19-16-,27-24-,28-25-,31-30-,34-33-. The molecule has 0 saturated carbocycles. The fourth-order valence-corrected chi connectivity index (χ4v) is 8.02. The second kappa shape index (κ2) is 57.2. The van der Waals surface area contributed by atoms with Gasteiger partial charge in [0.05, 0.1) is 0 Å². The molecule has 0 heterocycles. The molecular formula is C63H108O6. The first-order valence-corrected chi connectivity index (χ1v) is 29.1. The van der Waals surface area contributed by atoms with E-state index in [4.69, 9.17) is 14.2 Å². The minimum atomic E-state index is -0.787. The molecule has 0 N–H and O–H groups in total. The van der Waals surface area contributed by atoms with Crippen molar-refractivity contribution in [1.82, 2.24) is 0 Å². The van der Waals surface area contributed by atoms with Gasteiger partial charge in [-0.2, -0.15) is 0 Å². The molecule has 0 aliphatic rings. The maximum Gasteiger partial charge on any atom is 0.306 e. The minimum Gasteiger partial charge on any atom is -0.462 e. The summed E-state index contributed by atoms with van der Waals surface area (Å²) in [5.74, 6) is -0.902. The largest absolute Gasteiger partial charge is 0.462 e. The fraction of sp³-hybridized carbons (Fsp3) is 0.730. The van der Waals surface area contributed by atoms with Crippen LogP contribution in [-0.4, -0.2) is 37.2 Å². The number of allylic oxidation sites excluding steroid dienone is 14. The molecule has 0 radical (unpaired) electrons. The van der Waals surface area contributed by atoms with Crippen LogP contribution < -0.4 is 0 Å². The van der Waals surface area contributed by atoms with Crippen LogP contribution in [0.1, 0.15) is 278 Å². The van der Waals surface area contributed by atoms with E-state index in [2.05, 4.69) is 106 Å². The van der Waals surface area contributed by atoms with Gasteiger partial charge >= 0.3 is 17.9 Å². The van der Waals surface area contributed by atoms with E-state index in [1.807, 2.05) is 0 Å². The number of hydrogen-bond acceptors (Lipinski definition) is 6. The number of rotatable bonds is 52. The summed E-state index contributed by atoms with van der Waals surface area (Å²) in [6.07, 6.45) is 74.2. The lowest BCUT2D eigenvalue weighted by atomic mass is 10.0. The molecule has 0 spiro atoms. The minimum absolute atomic E-state index is 0.0837. The van der Waals surface area contributed by atoms with Gasteiger partial charge in [-0.15, -0.1) is 0 Å². The summed E-state index contributed by atoms with van der Waals surface area (Å²) in [6, 6.07) is 0. The molecule has 69 heavy (non-hydrogen) atoms. The molecule has 1 atom stereocenters. The number of ether oxygens (including phenoxy) is 3. The van der Waals surface area contributed by atoms with Gasteiger partial charge in [0.2, 0.25) is 0 Å². The molecule has 0 aromatic carbocycles. The Bertz CT molecular complexity index is 1330. The maximum absolute atomic E-state index is 12.8. The molecule has 0 saturated heterocycles. The van der Waals surface area contributed by atoms with Crippen molar-refractivity contribution in [3.63, 3.8) is 0 Å². The van der Waals surface area contributed by atoms with Crippen molar-refractivity contribution in [3.05, 3.63) is 85.1 Å². The highest BCUT2D eigenvalue weighted by atomic mass is 16.6. The number of esters is 3. The number of unbranched alkanes of at least 4 members (excludes halogenated alkanes) is 27. The molecule has 0 aliphatic carbocycles. The Balaban J connectivity index is 4.36. The van der Waals surface area contributed by atoms with Crippen LogP contribution in [0.4, 0.5) is 0 Å². The lowest BCUT2D eigenvalue weighted by Gasteiger charge is -2.18. The van der Waals surface area contributed by atoms with E-state index in [-0.39, 0.29) is 31.1 Å². The first-order valence-electron chi connectivity index (χ1n) is 29.1. The topological polar surface area (TPSA) is 78.9 Å². The monoisotopic (exact) mass is 961 g/mol. The van der Waals surface area contributed by atoms with E-state index < -0.39 is 6.10 Å². The van der Waals surface area contributed by atoms with Crippen molar-refractivity contribution in [2.24, 2.45) is 0 Å². The summed E-state index contributed by atoms with van der Waals surface area (Å²) >= 11 is 0. The zero-order chi connectivity index (χ0) is 50.0. The van der Waals surface area contributed by atoms with Gasteiger partial charge in [-0.3, -0.25) is 14.4 Å². The lowest BCUT2D eigenvalue weighted by Crippen LogP contribution is -2.30. The Morgan fingerprint density at radius 3 is 0.928 bits per heavy atom. The van der Waals surface area contributed by atoms with Crippen molar-refractivity contribution in [2.75, 3.05) is 13.2 Å². The molecule has 6 nitrogen and oxygen atoms in total. The van der Waals surface area contributed by atoms with Crippen molar-refractivity contribution < 1.29 is 28.6 Å². The van der Waals surface area contributed by atoms with Crippen LogP contribution in [0.25, 0.3) is 0 Å². The van der Waals surface area contributed by atoms with Gasteiger partial charge in [-0.05, 0) is 89.9 Å². The fourth-order valence-electron chi connectivity index (χ4n) is 8.02. The van der Waals surface area contributed by atoms with Gasteiger partial charge in [-0.25, -0.2) is 0 Å². The van der Waals surface area contributed by atoms with Gasteiger partial charge in [0.15, 0.2) is 6.10 Å². The Hall–Kier alpha value is -3.41. The second-order valence-electron chi connectivity index (χ2n) is 19.2. The first-order chi connectivity index (χ1) is 34.0. The van der Waals surface area contributed by atoms with Crippen molar-refractivity contribution in [2.45, 2.75) is 284 Å². The summed E-state index contributed by atoms with van der Waals surface area (Å²) in [5, 5.41) is 0. The van der Waals surface area contributed by atoms with Crippen molar-refractivity contribution in [3.8, 4) is 0 Å². The molecule has 0 fully saturated rings. The van der Waals surface area contributed by atoms with Crippen LogP contribution in [0.5, 0.6) is 0 Å². The number of carbonyl (C=O) groups is 3. The van der Waals surface area contributed by atoms with Crippen LogP contribution in [0.3, 0.4) is 0 Å². The third-order valence-electron chi connectivity index (χ3n) is 12.4. The zero-order valence-corrected chi connectivity index (χ0v) is 45.3. The quantitative estimate of drug-likeness (QED) is 0.0262. The van der Waals surface area contributed by atoms with Gasteiger partial charge in [0.25, 0.3) is 0 Å². The molecule has 1 unspecified atom stereocenters. The van der Waals surface area contributed by atoms with Gasteiger partial charge in [0, 0.05) is 19.3 Å². The smallest absolute Gasteiger partial charge is 0.306 e. The SMILES string of the molecule is CC/C=C\C/C=C\C/C=C\C/C=C\C/C=C\CCCCCCCCCC(=O)OCC(COC(=O)CCCCCCCCCCCCCCCC)OC(=O)CCCCCCC/C=C\C/C=C\CCCC.